The van der Waals surface area contributed by atoms with E-state index in [1.165, 1.54) is 11.8 Å². The summed E-state index contributed by atoms with van der Waals surface area (Å²) in [6, 6.07) is 4.17. The predicted octanol–water partition coefficient (Wildman–Crippen LogP) is 3.36. The number of amides is 1. The van der Waals surface area contributed by atoms with Gasteiger partial charge in [-0.05, 0) is 43.4 Å². The second-order valence-electron chi connectivity index (χ2n) is 8.68. The first-order valence-corrected chi connectivity index (χ1v) is 11.5. The first kappa shape index (κ1) is 22.0. The van der Waals surface area contributed by atoms with Gasteiger partial charge in [-0.25, -0.2) is 4.98 Å². The number of pyridine rings is 1. The molecule has 170 valence electrons. The van der Waals surface area contributed by atoms with Crippen LogP contribution in [0.5, 0.6) is 5.75 Å². The number of aryl methyl sites for hydroxylation is 1. The maximum absolute atomic E-state index is 12.5. The maximum Gasteiger partial charge on any atom is 0.275 e. The van der Waals surface area contributed by atoms with Crippen LogP contribution >= 0.6 is 0 Å². The lowest BCUT2D eigenvalue weighted by Gasteiger charge is -2.32. The van der Waals surface area contributed by atoms with Gasteiger partial charge >= 0.3 is 0 Å². The molecule has 3 aromatic heterocycles. The van der Waals surface area contributed by atoms with E-state index < -0.39 is 17.1 Å². The van der Waals surface area contributed by atoms with Crippen LogP contribution in [0.2, 0.25) is 0 Å². The molecule has 0 aromatic carbocycles. The molecule has 32 heavy (non-hydrogen) atoms. The predicted molar refractivity (Wildman–Crippen MR) is 123 cm³/mol. The zero-order chi connectivity index (χ0) is 22.7. The molecule has 0 saturated heterocycles. The van der Waals surface area contributed by atoms with Crippen LogP contribution in [-0.4, -0.2) is 36.9 Å². The van der Waals surface area contributed by atoms with Crippen molar-refractivity contribution in [2.45, 2.75) is 70.9 Å². The Hall–Kier alpha value is -3.16. The van der Waals surface area contributed by atoms with Crippen LogP contribution in [0.15, 0.2) is 35.5 Å². The summed E-state index contributed by atoms with van der Waals surface area (Å²) in [4.78, 5) is 29.6. The average Bonchev–Trinajstić information content (AvgIpc) is 3.43. The molecule has 8 heteroatoms. The minimum Gasteiger partial charge on any atom is -0.503 e. The number of fused-ring (bicyclic) bond motifs is 1. The molecule has 0 spiro atoms. The van der Waals surface area contributed by atoms with E-state index in [1.54, 1.807) is 4.68 Å². The first-order chi connectivity index (χ1) is 15.5. The molecule has 1 amide bonds. The van der Waals surface area contributed by atoms with E-state index in [4.69, 9.17) is 0 Å². The fraction of sp³-hybridized carbons (Fsp3) is 0.500. The molecule has 1 saturated carbocycles. The molecule has 1 aliphatic carbocycles. The molecule has 0 radical (unpaired) electrons. The normalized spacial score (nSPS) is 15.3. The average molecular weight is 438 g/mol. The quantitative estimate of drug-likeness (QED) is 0.526. The van der Waals surface area contributed by atoms with Crippen LogP contribution in [0.1, 0.15) is 68.4 Å². The summed E-state index contributed by atoms with van der Waals surface area (Å²) < 4.78 is 3.78. The van der Waals surface area contributed by atoms with Crippen molar-refractivity contribution in [2.24, 2.45) is 0 Å². The molecular formula is C24H31N5O3. The van der Waals surface area contributed by atoms with Gasteiger partial charge in [0.15, 0.2) is 11.4 Å². The van der Waals surface area contributed by atoms with Crippen molar-refractivity contribution < 1.29 is 9.90 Å². The highest BCUT2D eigenvalue weighted by molar-refractivity contribution is 5.92. The van der Waals surface area contributed by atoms with Crippen LogP contribution in [0.3, 0.4) is 0 Å². The second kappa shape index (κ2) is 9.14. The van der Waals surface area contributed by atoms with Crippen molar-refractivity contribution in [2.75, 3.05) is 6.54 Å². The van der Waals surface area contributed by atoms with E-state index in [2.05, 4.69) is 45.2 Å². The zero-order valence-electron chi connectivity index (χ0n) is 18.8. The SMILES string of the molecule is CCCCNC(=O)c1nn(CC2(n3ccc4c(CC)ccnc43)CCCC2)cc(O)c1=O. The van der Waals surface area contributed by atoms with Crippen molar-refractivity contribution >= 4 is 16.9 Å². The molecule has 1 fully saturated rings. The minimum absolute atomic E-state index is 0.266. The molecule has 0 atom stereocenters. The third-order valence-electron chi connectivity index (χ3n) is 6.54. The molecule has 3 aromatic rings. The van der Waals surface area contributed by atoms with Crippen molar-refractivity contribution in [1.82, 2.24) is 24.6 Å². The topological polar surface area (TPSA) is 102 Å². The molecule has 0 bridgehead atoms. The molecule has 2 N–H and O–H groups in total. The van der Waals surface area contributed by atoms with E-state index in [-0.39, 0.29) is 11.2 Å². The Kier molecular flexibility index (Phi) is 6.30. The van der Waals surface area contributed by atoms with Crippen molar-refractivity contribution in [1.29, 1.82) is 0 Å². The Balaban J connectivity index is 1.72. The van der Waals surface area contributed by atoms with Gasteiger partial charge in [-0.1, -0.05) is 33.1 Å². The van der Waals surface area contributed by atoms with Crippen LogP contribution in [0.25, 0.3) is 11.0 Å². The maximum atomic E-state index is 12.5. The highest BCUT2D eigenvalue weighted by atomic mass is 16.3. The van der Waals surface area contributed by atoms with Gasteiger partial charge < -0.3 is 15.0 Å². The summed E-state index contributed by atoms with van der Waals surface area (Å²) in [6.45, 7) is 5.07. The van der Waals surface area contributed by atoms with E-state index in [0.717, 1.165) is 56.0 Å². The molecule has 3 heterocycles. The highest BCUT2D eigenvalue weighted by Crippen LogP contribution is 2.40. The summed E-state index contributed by atoms with van der Waals surface area (Å²) in [7, 11) is 0. The Morgan fingerprint density at radius 1 is 1.25 bits per heavy atom. The Morgan fingerprint density at radius 2 is 2.03 bits per heavy atom. The monoisotopic (exact) mass is 437 g/mol. The number of hydrogen-bond donors (Lipinski definition) is 2. The van der Waals surface area contributed by atoms with Gasteiger partial charge in [0.05, 0.1) is 18.3 Å². The van der Waals surface area contributed by atoms with Crippen LogP contribution < -0.4 is 10.7 Å². The number of carbonyl (C=O) groups is 1. The lowest BCUT2D eigenvalue weighted by molar-refractivity contribution is 0.0942. The smallest absolute Gasteiger partial charge is 0.275 e. The number of nitrogens with one attached hydrogen (secondary N) is 1. The molecule has 8 nitrogen and oxygen atoms in total. The number of rotatable bonds is 8. The van der Waals surface area contributed by atoms with E-state index >= 15 is 0 Å². The third kappa shape index (κ3) is 4.01. The second-order valence-corrected chi connectivity index (χ2v) is 8.68. The van der Waals surface area contributed by atoms with Gasteiger partial charge in [0, 0.05) is 24.3 Å². The number of carbonyl (C=O) groups excluding carboxylic acids is 1. The summed E-state index contributed by atoms with van der Waals surface area (Å²) in [5, 5.41) is 18.5. The largest absolute Gasteiger partial charge is 0.503 e. The van der Waals surface area contributed by atoms with Gasteiger partial charge in [-0.15, -0.1) is 0 Å². The van der Waals surface area contributed by atoms with Crippen molar-refractivity contribution in [3.63, 3.8) is 0 Å². The number of unbranched alkanes of at least 4 members (excludes halogenated alkanes) is 1. The number of nitrogens with zero attached hydrogens (tertiary/aromatic N) is 4. The Bertz CT molecular complexity index is 1170. The van der Waals surface area contributed by atoms with Crippen LogP contribution in [-0.2, 0) is 18.5 Å². The Morgan fingerprint density at radius 3 is 2.75 bits per heavy atom. The van der Waals surface area contributed by atoms with Crippen LogP contribution in [0, 0.1) is 0 Å². The van der Waals surface area contributed by atoms with E-state index in [0.29, 0.717) is 13.1 Å². The van der Waals surface area contributed by atoms with Crippen LogP contribution in [0.4, 0.5) is 0 Å². The van der Waals surface area contributed by atoms with Gasteiger partial charge in [0.25, 0.3) is 11.3 Å². The fourth-order valence-electron chi connectivity index (χ4n) is 4.81. The zero-order valence-corrected chi connectivity index (χ0v) is 18.8. The molecule has 4 rings (SSSR count). The summed E-state index contributed by atoms with van der Waals surface area (Å²) in [5.74, 6) is -1.01. The van der Waals surface area contributed by atoms with E-state index in [9.17, 15) is 14.7 Å². The van der Waals surface area contributed by atoms with Crippen molar-refractivity contribution in [3.05, 3.63) is 52.2 Å². The molecule has 0 unspecified atom stereocenters. The lowest BCUT2D eigenvalue weighted by atomic mass is 9.97. The van der Waals surface area contributed by atoms with Gasteiger partial charge in [-0.3, -0.25) is 14.3 Å². The summed E-state index contributed by atoms with van der Waals surface area (Å²) in [6.07, 6.45) is 12.0. The number of aromatic nitrogens is 4. The fourth-order valence-corrected chi connectivity index (χ4v) is 4.81. The lowest BCUT2D eigenvalue weighted by Crippen LogP contribution is -2.38. The summed E-state index contributed by atoms with van der Waals surface area (Å²) in [5.41, 5.74) is 0.904. The van der Waals surface area contributed by atoms with Gasteiger partial charge in [0.2, 0.25) is 0 Å². The number of hydrogen-bond acceptors (Lipinski definition) is 5. The van der Waals surface area contributed by atoms with Crippen molar-refractivity contribution in [3.8, 4) is 5.75 Å². The highest BCUT2D eigenvalue weighted by Gasteiger charge is 2.38. The molecular weight excluding hydrogens is 406 g/mol. The van der Waals surface area contributed by atoms with Gasteiger partial charge in [-0.2, -0.15) is 5.10 Å². The van der Waals surface area contributed by atoms with E-state index in [1.807, 2.05) is 13.1 Å². The Labute approximate surface area is 187 Å². The standard InChI is InChI=1S/C24H31N5O3/c1-3-5-12-26-23(32)20-21(31)19(30)15-28(27-20)16-24(10-6-7-11-24)29-14-9-18-17(4-2)8-13-25-22(18)29/h8-9,13-15,30H,3-7,10-12,16H2,1-2H3,(H,26,32). The number of aromatic hydroxyl groups is 1. The summed E-state index contributed by atoms with van der Waals surface area (Å²) >= 11 is 0. The molecule has 1 aliphatic rings. The van der Waals surface area contributed by atoms with Gasteiger partial charge in [0.1, 0.15) is 5.65 Å². The molecule has 0 aliphatic heterocycles. The minimum atomic E-state index is -0.739. The first-order valence-electron chi connectivity index (χ1n) is 11.5. The third-order valence-corrected chi connectivity index (χ3v) is 6.54.